The van der Waals surface area contributed by atoms with Gasteiger partial charge in [0.1, 0.15) is 6.61 Å². The summed E-state index contributed by atoms with van der Waals surface area (Å²) in [5.74, 6) is 1.28. The maximum absolute atomic E-state index is 6.47. The molecule has 0 aliphatic rings. The lowest BCUT2D eigenvalue weighted by atomic mass is 10.2. The molecule has 0 heterocycles. The lowest BCUT2D eigenvalue weighted by Gasteiger charge is -2.16. The molecule has 2 aromatic carbocycles. The number of benzene rings is 2. The highest BCUT2D eigenvalue weighted by Gasteiger charge is 2.12. The molecule has 0 aliphatic heterocycles. The van der Waals surface area contributed by atoms with Gasteiger partial charge in [-0.3, -0.25) is 0 Å². The van der Waals surface area contributed by atoms with Gasteiger partial charge in [0.25, 0.3) is 0 Å². The third-order valence-corrected chi connectivity index (χ3v) is 5.16. The first-order chi connectivity index (χ1) is 13.4. The summed E-state index contributed by atoms with van der Waals surface area (Å²) >= 11 is 18.5. The summed E-state index contributed by atoms with van der Waals surface area (Å²) in [6.45, 7) is 5.48. The van der Waals surface area contributed by atoms with Crippen molar-refractivity contribution in [3.8, 4) is 11.5 Å². The normalized spacial score (nSPS) is 11.1. The third kappa shape index (κ3) is 7.34. The van der Waals surface area contributed by atoms with Gasteiger partial charge in [-0.05, 0) is 69.9 Å². The number of ether oxygens (including phenoxy) is 2. The van der Waals surface area contributed by atoms with E-state index in [-0.39, 0.29) is 0 Å². The largest absolute Gasteiger partial charge is 0.490 e. The van der Waals surface area contributed by atoms with Crippen LogP contribution in [0.2, 0.25) is 15.1 Å². The topological polar surface area (TPSA) is 33.7 Å². The van der Waals surface area contributed by atoms with Gasteiger partial charge in [0.15, 0.2) is 11.5 Å². The second-order valence-corrected chi connectivity index (χ2v) is 7.92. The van der Waals surface area contributed by atoms with E-state index in [9.17, 15) is 0 Å². The third-order valence-electron chi connectivity index (χ3n) is 4.07. The molecule has 0 amide bonds. The highest BCUT2D eigenvalue weighted by atomic mass is 35.5. The molecule has 0 aliphatic carbocycles. The molecule has 0 fully saturated rings. The van der Waals surface area contributed by atoms with E-state index >= 15 is 0 Å². The summed E-state index contributed by atoms with van der Waals surface area (Å²) in [6, 6.07) is 9.17. The van der Waals surface area contributed by atoms with Crippen LogP contribution in [0.15, 0.2) is 30.3 Å². The van der Waals surface area contributed by atoms with Crippen LogP contribution in [0.3, 0.4) is 0 Å². The Balaban J connectivity index is 2.03. The summed E-state index contributed by atoms with van der Waals surface area (Å²) < 4.78 is 11.7. The maximum atomic E-state index is 6.47. The average molecular weight is 446 g/mol. The number of halogens is 3. The summed E-state index contributed by atoms with van der Waals surface area (Å²) in [6.07, 6.45) is 1.08. The molecule has 2 aromatic rings. The minimum absolute atomic E-state index is 0.343. The zero-order valence-electron chi connectivity index (χ0n) is 16.5. The average Bonchev–Trinajstić information content (AvgIpc) is 2.65. The number of nitrogens with one attached hydrogen (secondary N) is 1. The Hall–Kier alpha value is -1.17. The molecule has 0 saturated carbocycles. The fourth-order valence-electron chi connectivity index (χ4n) is 2.63. The Morgan fingerprint density at radius 3 is 2.36 bits per heavy atom. The summed E-state index contributed by atoms with van der Waals surface area (Å²) in [7, 11) is 4.14. The van der Waals surface area contributed by atoms with Crippen molar-refractivity contribution in [2.75, 3.05) is 33.8 Å². The van der Waals surface area contributed by atoms with Gasteiger partial charge in [-0.25, -0.2) is 0 Å². The van der Waals surface area contributed by atoms with Crippen molar-refractivity contribution in [2.24, 2.45) is 0 Å². The van der Waals surface area contributed by atoms with E-state index in [1.165, 1.54) is 0 Å². The standard InChI is InChI=1S/C21H27Cl3N2O2/c1-4-27-20-11-16(13-25-8-5-9-26(2)3)18(23)12-21(20)28-14-15-6-7-17(22)19(24)10-15/h6-7,10-12,25H,4-5,8-9,13-14H2,1-3H3. The van der Waals surface area contributed by atoms with Crippen LogP contribution in [0, 0.1) is 0 Å². The minimum Gasteiger partial charge on any atom is -0.490 e. The van der Waals surface area contributed by atoms with Gasteiger partial charge in [-0.2, -0.15) is 0 Å². The zero-order chi connectivity index (χ0) is 20.5. The van der Waals surface area contributed by atoms with Crippen LogP contribution < -0.4 is 14.8 Å². The highest BCUT2D eigenvalue weighted by Crippen LogP contribution is 2.34. The molecular formula is C21H27Cl3N2O2. The molecule has 2 rings (SSSR count). The van der Waals surface area contributed by atoms with Gasteiger partial charge in [-0.15, -0.1) is 0 Å². The number of rotatable bonds is 11. The van der Waals surface area contributed by atoms with Crippen molar-refractivity contribution in [3.05, 3.63) is 56.5 Å². The monoisotopic (exact) mass is 444 g/mol. The molecule has 1 N–H and O–H groups in total. The second kappa shape index (κ2) is 11.7. The van der Waals surface area contributed by atoms with E-state index < -0.39 is 0 Å². The van der Waals surface area contributed by atoms with Crippen LogP contribution in [0.4, 0.5) is 0 Å². The lowest BCUT2D eigenvalue weighted by Crippen LogP contribution is -2.21. The molecule has 4 nitrogen and oxygen atoms in total. The van der Waals surface area contributed by atoms with Gasteiger partial charge in [0.05, 0.1) is 16.7 Å². The molecule has 0 aromatic heterocycles. The van der Waals surface area contributed by atoms with Gasteiger partial charge in [-0.1, -0.05) is 40.9 Å². The van der Waals surface area contributed by atoms with Crippen LogP contribution in [0.1, 0.15) is 24.5 Å². The molecule has 0 unspecified atom stereocenters. The Labute approximate surface area is 182 Å². The molecule has 28 heavy (non-hydrogen) atoms. The Morgan fingerprint density at radius 1 is 0.929 bits per heavy atom. The number of hydrogen-bond donors (Lipinski definition) is 1. The van der Waals surface area contributed by atoms with Crippen LogP contribution in [-0.4, -0.2) is 38.7 Å². The first-order valence-electron chi connectivity index (χ1n) is 9.28. The van der Waals surface area contributed by atoms with E-state index in [0.717, 1.165) is 30.6 Å². The molecule has 7 heteroatoms. The Morgan fingerprint density at radius 2 is 1.68 bits per heavy atom. The first-order valence-corrected chi connectivity index (χ1v) is 10.4. The molecule has 0 spiro atoms. The molecule has 0 atom stereocenters. The quantitative estimate of drug-likeness (QED) is 0.452. The van der Waals surface area contributed by atoms with E-state index in [1.54, 1.807) is 18.2 Å². The van der Waals surface area contributed by atoms with Crippen molar-refractivity contribution < 1.29 is 9.47 Å². The van der Waals surface area contributed by atoms with Crippen molar-refractivity contribution in [3.63, 3.8) is 0 Å². The Bertz CT molecular complexity index is 770. The lowest BCUT2D eigenvalue weighted by molar-refractivity contribution is 0.269. The van der Waals surface area contributed by atoms with Crippen LogP contribution in [0.5, 0.6) is 11.5 Å². The summed E-state index contributed by atoms with van der Waals surface area (Å²) in [5.41, 5.74) is 1.90. The molecule has 154 valence electrons. The zero-order valence-corrected chi connectivity index (χ0v) is 18.8. The first kappa shape index (κ1) is 23.1. The smallest absolute Gasteiger partial charge is 0.163 e. The van der Waals surface area contributed by atoms with E-state index in [1.807, 2.05) is 19.1 Å². The van der Waals surface area contributed by atoms with Gasteiger partial charge < -0.3 is 19.7 Å². The summed E-state index contributed by atoms with van der Waals surface area (Å²) in [4.78, 5) is 2.17. The fraction of sp³-hybridized carbons (Fsp3) is 0.429. The van der Waals surface area contributed by atoms with Gasteiger partial charge in [0, 0.05) is 17.6 Å². The molecule has 0 bridgehead atoms. The van der Waals surface area contributed by atoms with E-state index in [4.69, 9.17) is 44.3 Å². The predicted molar refractivity (Wildman–Crippen MR) is 118 cm³/mol. The molecule has 0 saturated heterocycles. The van der Waals surface area contributed by atoms with Crippen LogP contribution in [0.25, 0.3) is 0 Å². The second-order valence-electron chi connectivity index (χ2n) is 6.69. The minimum atomic E-state index is 0.343. The molecular weight excluding hydrogens is 419 g/mol. The van der Waals surface area contributed by atoms with Crippen molar-refractivity contribution >= 4 is 34.8 Å². The highest BCUT2D eigenvalue weighted by molar-refractivity contribution is 6.42. The SMILES string of the molecule is CCOc1cc(CNCCCN(C)C)c(Cl)cc1OCc1ccc(Cl)c(Cl)c1. The predicted octanol–water partition coefficient (Wildman–Crippen LogP) is 5.67. The summed E-state index contributed by atoms with van der Waals surface area (Å²) in [5, 5.41) is 5.09. The van der Waals surface area contributed by atoms with E-state index in [0.29, 0.717) is 46.3 Å². The van der Waals surface area contributed by atoms with Gasteiger partial charge in [0.2, 0.25) is 0 Å². The van der Waals surface area contributed by atoms with E-state index in [2.05, 4.69) is 24.3 Å². The fourth-order valence-corrected chi connectivity index (χ4v) is 3.17. The van der Waals surface area contributed by atoms with Crippen molar-refractivity contribution in [2.45, 2.75) is 26.5 Å². The van der Waals surface area contributed by atoms with Crippen molar-refractivity contribution in [1.29, 1.82) is 0 Å². The maximum Gasteiger partial charge on any atom is 0.163 e. The number of hydrogen-bond acceptors (Lipinski definition) is 4. The van der Waals surface area contributed by atoms with Crippen LogP contribution >= 0.6 is 34.8 Å². The number of nitrogens with zero attached hydrogens (tertiary/aromatic N) is 1. The van der Waals surface area contributed by atoms with Gasteiger partial charge >= 0.3 is 0 Å². The van der Waals surface area contributed by atoms with Crippen molar-refractivity contribution in [1.82, 2.24) is 10.2 Å². The molecule has 0 radical (unpaired) electrons. The Kier molecular flexibility index (Phi) is 9.69. The van der Waals surface area contributed by atoms with Crippen LogP contribution in [-0.2, 0) is 13.2 Å².